The van der Waals surface area contributed by atoms with Gasteiger partial charge in [0.05, 0.1) is 15.9 Å². The molecule has 1 aromatic carbocycles. The first kappa shape index (κ1) is 15.1. The summed E-state index contributed by atoms with van der Waals surface area (Å²) in [6, 6.07) is 8.04. The van der Waals surface area contributed by atoms with Crippen molar-refractivity contribution in [1.29, 1.82) is 0 Å². The zero-order valence-corrected chi connectivity index (χ0v) is 12.4. The summed E-state index contributed by atoms with van der Waals surface area (Å²) in [5.74, 6) is -0.527. The van der Waals surface area contributed by atoms with E-state index in [0.29, 0.717) is 0 Å². The molecule has 1 aromatic heterocycles. The second kappa shape index (κ2) is 5.97. The zero-order valence-electron chi connectivity index (χ0n) is 10.00. The van der Waals surface area contributed by atoms with Crippen LogP contribution in [-0.2, 0) is 12.7 Å². The molecule has 0 aliphatic heterocycles. The summed E-state index contributed by atoms with van der Waals surface area (Å²) in [5, 5.41) is 2.59. The fourth-order valence-corrected chi connectivity index (χ4v) is 2.98. The Bertz CT molecular complexity index is 624. The van der Waals surface area contributed by atoms with E-state index in [1.165, 1.54) is 23.5 Å². The minimum Gasteiger partial charge on any atom is -0.347 e. The third-order valence-corrected chi connectivity index (χ3v) is 4.13. The standard InChI is InChI=1S/C13H9BrF3NOS/c14-11-5-4-10(20-11)7-18-12(19)8-2-1-3-9(6-8)13(15,16)17/h1-6H,7H2,(H,18,19). The lowest BCUT2D eigenvalue weighted by Crippen LogP contribution is -2.22. The van der Waals surface area contributed by atoms with Crippen LogP contribution in [0.15, 0.2) is 40.2 Å². The lowest BCUT2D eigenvalue weighted by molar-refractivity contribution is -0.137. The van der Waals surface area contributed by atoms with Crippen LogP contribution < -0.4 is 5.32 Å². The highest BCUT2D eigenvalue weighted by Gasteiger charge is 2.30. The molecule has 0 unspecified atom stereocenters. The summed E-state index contributed by atoms with van der Waals surface area (Å²) < 4.78 is 38.6. The number of alkyl halides is 3. The molecule has 0 atom stereocenters. The van der Waals surface area contributed by atoms with Gasteiger partial charge in [0.25, 0.3) is 5.91 Å². The van der Waals surface area contributed by atoms with Crippen molar-refractivity contribution in [2.75, 3.05) is 0 Å². The second-order valence-corrected chi connectivity index (χ2v) is 6.51. The van der Waals surface area contributed by atoms with Crippen LogP contribution in [0.3, 0.4) is 0 Å². The molecule has 1 amide bonds. The van der Waals surface area contributed by atoms with Gasteiger partial charge in [-0.1, -0.05) is 6.07 Å². The van der Waals surface area contributed by atoms with Crippen molar-refractivity contribution in [3.8, 4) is 0 Å². The van der Waals surface area contributed by atoms with Crippen molar-refractivity contribution in [3.05, 3.63) is 56.2 Å². The number of carbonyl (C=O) groups is 1. The van der Waals surface area contributed by atoms with Crippen LogP contribution in [0, 0.1) is 0 Å². The maximum atomic E-state index is 12.5. The second-order valence-electron chi connectivity index (χ2n) is 3.97. The number of hydrogen-bond donors (Lipinski definition) is 1. The van der Waals surface area contributed by atoms with Gasteiger partial charge in [0.15, 0.2) is 0 Å². The number of nitrogens with one attached hydrogen (secondary N) is 1. The predicted octanol–water partition coefficient (Wildman–Crippen LogP) is 4.46. The quantitative estimate of drug-likeness (QED) is 0.856. The first-order valence-electron chi connectivity index (χ1n) is 5.56. The molecule has 20 heavy (non-hydrogen) atoms. The molecule has 0 spiro atoms. The van der Waals surface area contributed by atoms with Gasteiger partial charge in [-0.15, -0.1) is 11.3 Å². The van der Waals surface area contributed by atoms with E-state index in [1.54, 1.807) is 0 Å². The predicted molar refractivity (Wildman–Crippen MR) is 74.6 cm³/mol. The summed E-state index contributed by atoms with van der Waals surface area (Å²) in [6.07, 6.45) is -4.45. The lowest BCUT2D eigenvalue weighted by atomic mass is 10.1. The molecule has 1 N–H and O–H groups in total. The molecule has 2 rings (SSSR count). The van der Waals surface area contributed by atoms with E-state index in [9.17, 15) is 18.0 Å². The first-order chi connectivity index (χ1) is 9.36. The maximum Gasteiger partial charge on any atom is 0.416 e. The number of halogens is 4. The molecule has 106 valence electrons. The van der Waals surface area contributed by atoms with Gasteiger partial charge in [-0.25, -0.2) is 0 Å². The van der Waals surface area contributed by atoms with E-state index in [-0.39, 0.29) is 12.1 Å². The molecule has 7 heteroatoms. The number of thiophene rings is 1. The van der Waals surface area contributed by atoms with Crippen LogP contribution in [0.2, 0.25) is 0 Å². The Labute approximate surface area is 125 Å². The van der Waals surface area contributed by atoms with E-state index in [0.717, 1.165) is 20.8 Å². The molecule has 2 nitrogen and oxygen atoms in total. The number of amides is 1. The normalized spacial score (nSPS) is 11.4. The van der Waals surface area contributed by atoms with Gasteiger partial charge in [0, 0.05) is 10.4 Å². The molecule has 0 aliphatic rings. The van der Waals surface area contributed by atoms with Crippen LogP contribution in [0.4, 0.5) is 13.2 Å². The van der Waals surface area contributed by atoms with Gasteiger partial charge in [-0.05, 0) is 46.3 Å². The van der Waals surface area contributed by atoms with Gasteiger partial charge in [0.1, 0.15) is 0 Å². The fourth-order valence-electron chi connectivity index (χ4n) is 1.55. The van der Waals surface area contributed by atoms with Crippen molar-refractivity contribution >= 4 is 33.2 Å². The average molecular weight is 364 g/mol. The maximum absolute atomic E-state index is 12.5. The molecule has 0 saturated heterocycles. The first-order valence-corrected chi connectivity index (χ1v) is 7.17. The van der Waals surface area contributed by atoms with Crippen molar-refractivity contribution in [1.82, 2.24) is 5.32 Å². The Balaban J connectivity index is 2.06. The highest BCUT2D eigenvalue weighted by Crippen LogP contribution is 2.29. The van der Waals surface area contributed by atoms with Crippen molar-refractivity contribution in [2.45, 2.75) is 12.7 Å². The molecule has 0 aliphatic carbocycles. The van der Waals surface area contributed by atoms with Gasteiger partial charge < -0.3 is 5.32 Å². The molecule has 0 radical (unpaired) electrons. The molecular formula is C13H9BrF3NOS. The van der Waals surface area contributed by atoms with E-state index >= 15 is 0 Å². The molecule has 1 heterocycles. The van der Waals surface area contributed by atoms with Crippen LogP contribution in [0.25, 0.3) is 0 Å². The highest BCUT2D eigenvalue weighted by atomic mass is 79.9. The van der Waals surface area contributed by atoms with Gasteiger partial charge >= 0.3 is 6.18 Å². The van der Waals surface area contributed by atoms with E-state index < -0.39 is 17.6 Å². The summed E-state index contributed by atoms with van der Waals surface area (Å²) >= 11 is 4.75. The third kappa shape index (κ3) is 3.83. The topological polar surface area (TPSA) is 29.1 Å². The van der Waals surface area contributed by atoms with E-state index in [1.807, 2.05) is 12.1 Å². The lowest BCUT2D eigenvalue weighted by Gasteiger charge is -2.08. The Morgan fingerprint density at radius 1 is 1.25 bits per heavy atom. The van der Waals surface area contributed by atoms with Crippen molar-refractivity contribution < 1.29 is 18.0 Å². The molecule has 0 saturated carbocycles. The fraction of sp³-hybridized carbons (Fsp3) is 0.154. The van der Waals surface area contributed by atoms with Gasteiger partial charge in [0.2, 0.25) is 0 Å². The minimum atomic E-state index is -4.45. The van der Waals surface area contributed by atoms with Gasteiger partial charge in [-0.2, -0.15) is 13.2 Å². The zero-order chi connectivity index (χ0) is 14.8. The number of benzene rings is 1. The molecular weight excluding hydrogens is 355 g/mol. The average Bonchev–Trinajstić information content (AvgIpc) is 2.81. The van der Waals surface area contributed by atoms with E-state index in [2.05, 4.69) is 21.2 Å². The van der Waals surface area contributed by atoms with Crippen LogP contribution in [0.5, 0.6) is 0 Å². The Morgan fingerprint density at radius 2 is 2.00 bits per heavy atom. The SMILES string of the molecule is O=C(NCc1ccc(Br)s1)c1cccc(C(F)(F)F)c1. The minimum absolute atomic E-state index is 0.00422. The smallest absolute Gasteiger partial charge is 0.347 e. The number of carbonyl (C=O) groups excluding carboxylic acids is 1. The Morgan fingerprint density at radius 3 is 2.60 bits per heavy atom. The summed E-state index contributed by atoms with van der Waals surface area (Å²) in [7, 11) is 0. The molecule has 2 aromatic rings. The Hall–Kier alpha value is -1.34. The number of hydrogen-bond acceptors (Lipinski definition) is 2. The van der Waals surface area contributed by atoms with Crippen LogP contribution in [0.1, 0.15) is 20.8 Å². The van der Waals surface area contributed by atoms with Crippen LogP contribution >= 0.6 is 27.3 Å². The Kier molecular flexibility index (Phi) is 4.49. The summed E-state index contributed by atoms with van der Waals surface area (Å²) in [6.45, 7) is 0.283. The molecule has 0 bridgehead atoms. The summed E-state index contributed by atoms with van der Waals surface area (Å²) in [4.78, 5) is 12.7. The van der Waals surface area contributed by atoms with Gasteiger partial charge in [-0.3, -0.25) is 4.79 Å². The van der Waals surface area contributed by atoms with Crippen molar-refractivity contribution in [3.63, 3.8) is 0 Å². The summed E-state index contributed by atoms with van der Waals surface area (Å²) in [5.41, 5.74) is -0.834. The highest BCUT2D eigenvalue weighted by molar-refractivity contribution is 9.11. The van der Waals surface area contributed by atoms with E-state index in [4.69, 9.17) is 0 Å². The number of rotatable bonds is 3. The van der Waals surface area contributed by atoms with Crippen LogP contribution in [-0.4, -0.2) is 5.91 Å². The largest absolute Gasteiger partial charge is 0.416 e. The monoisotopic (exact) mass is 363 g/mol. The third-order valence-electron chi connectivity index (χ3n) is 2.50. The van der Waals surface area contributed by atoms with Crippen molar-refractivity contribution in [2.24, 2.45) is 0 Å². The molecule has 0 fully saturated rings.